The first-order valence-electron chi connectivity index (χ1n) is 4.68. The summed E-state index contributed by atoms with van der Waals surface area (Å²) >= 11 is 1.49. The Kier molecular flexibility index (Phi) is 4.11. The summed E-state index contributed by atoms with van der Waals surface area (Å²) in [5.41, 5.74) is 6.38. The first-order chi connectivity index (χ1) is 7.04. The molecule has 0 unspecified atom stereocenters. The SMILES string of the molecule is CC(C)Sc1ccc(CN)cc1[N+](=O)[O-]. The van der Waals surface area contributed by atoms with Gasteiger partial charge in [-0.05, 0) is 11.6 Å². The van der Waals surface area contributed by atoms with Crippen LogP contribution in [0.5, 0.6) is 0 Å². The number of hydrogen-bond donors (Lipinski definition) is 1. The maximum absolute atomic E-state index is 10.8. The Bertz CT molecular complexity index is 366. The van der Waals surface area contributed by atoms with Gasteiger partial charge in [0.25, 0.3) is 5.69 Å². The van der Waals surface area contributed by atoms with Crippen LogP contribution in [0.4, 0.5) is 5.69 Å². The van der Waals surface area contributed by atoms with Crippen LogP contribution in [0.2, 0.25) is 0 Å². The lowest BCUT2D eigenvalue weighted by Crippen LogP contribution is -1.99. The monoisotopic (exact) mass is 226 g/mol. The fraction of sp³-hybridized carbons (Fsp3) is 0.400. The number of nitrogens with zero attached hydrogens (tertiary/aromatic N) is 1. The Labute approximate surface area is 93.0 Å². The molecule has 5 heteroatoms. The van der Waals surface area contributed by atoms with Crippen LogP contribution in [0.25, 0.3) is 0 Å². The maximum Gasteiger partial charge on any atom is 0.283 e. The smallest absolute Gasteiger partial charge is 0.283 e. The summed E-state index contributed by atoms with van der Waals surface area (Å²) in [4.78, 5) is 11.2. The molecule has 0 aliphatic carbocycles. The van der Waals surface area contributed by atoms with E-state index < -0.39 is 0 Å². The van der Waals surface area contributed by atoms with Gasteiger partial charge in [-0.3, -0.25) is 10.1 Å². The molecule has 1 aromatic rings. The lowest BCUT2D eigenvalue weighted by molar-refractivity contribution is -0.387. The molecule has 0 saturated heterocycles. The van der Waals surface area contributed by atoms with Crippen LogP contribution >= 0.6 is 11.8 Å². The molecule has 82 valence electrons. The largest absolute Gasteiger partial charge is 0.326 e. The summed E-state index contributed by atoms with van der Waals surface area (Å²) in [6.07, 6.45) is 0. The van der Waals surface area contributed by atoms with Gasteiger partial charge in [0.1, 0.15) is 0 Å². The lowest BCUT2D eigenvalue weighted by Gasteiger charge is -2.06. The van der Waals surface area contributed by atoms with Gasteiger partial charge in [-0.25, -0.2) is 0 Å². The molecule has 0 radical (unpaired) electrons. The van der Waals surface area contributed by atoms with Crippen molar-refractivity contribution < 1.29 is 4.92 Å². The molecule has 0 aliphatic rings. The summed E-state index contributed by atoms with van der Waals surface area (Å²) in [7, 11) is 0. The number of benzene rings is 1. The van der Waals surface area contributed by atoms with Gasteiger partial charge < -0.3 is 5.73 Å². The van der Waals surface area contributed by atoms with Crippen molar-refractivity contribution >= 4 is 17.4 Å². The molecule has 0 fully saturated rings. The fourth-order valence-corrected chi connectivity index (χ4v) is 2.09. The van der Waals surface area contributed by atoms with Gasteiger partial charge in [0.15, 0.2) is 0 Å². The summed E-state index contributed by atoms with van der Waals surface area (Å²) in [5, 5.41) is 11.1. The van der Waals surface area contributed by atoms with Gasteiger partial charge in [0.05, 0.1) is 9.82 Å². The van der Waals surface area contributed by atoms with E-state index in [4.69, 9.17) is 5.73 Å². The van der Waals surface area contributed by atoms with Crippen molar-refractivity contribution in [1.82, 2.24) is 0 Å². The summed E-state index contributed by atoms with van der Waals surface area (Å²) in [5.74, 6) is 0. The number of nitrogens with two attached hydrogens (primary N) is 1. The minimum Gasteiger partial charge on any atom is -0.326 e. The quantitative estimate of drug-likeness (QED) is 0.486. The Morgan fingerprint density at radius 1 is 1.53 bits per heavy atom. The first-order valence-corrected chi connectivity index (χ1v) is 5.56. The summed E-state index contributed by atoms with van der Waals surface area (Å²) < 4.78 is 0. The second-order valence-corrected chi connectivity index (χ2v) is 5.05. The predicted molar refractivity (Wildman–Crippen MR) is 62.0 cm³/mol. The minimum atomic E-state index is -0.357. The van der Waals surface area contributed by atoms with E-state index >= 15 is 0 Å². The summed E-state index contributed by atoms with van der Waals surface area (Å²) in [6, 6.07) is 5.15. The maximum atomic E-state index is 10.8. The molecule has 0 atom stereocenters. The molecule has 1 rings (SSSR count). The van der Waals surface area contributed by atoms with Crippen molar-refractivity contribution in [2.24, 2.45) is 5.73 Å². The molecule has 4 nitrogen and oxygen atoms in total. The van der Waals surface area contributed by atoms with Crippen molar-refractivity contribution in [3.05, 3.63) is 33.9 Å². The normalized spacial score (nSPS) is 10.7. The van der Waals surface area contributed by atoms with E-state index in [0.717, 1.165) is 5.56 Å². The molecule has 1 aromatic carbocycles. The van der Waals surface area contributed by atoms with Crippen LogP contribution < -0.4 is 5.73 Å². The van der Waals surface area contributed by atoms with Crippen molar-refractivity contribution in [1.29, 1.82) is 0 Å². The predicted octanol–water partition coefficient (Wildman–Crippen LogP) is 2.55. The zero-order valence-corrected chi connectivity index (χ0v) is 9.58. The molecular formula is C10H14N2O2S. The average Bonchev–Trinajstić information content (AvgIpc) is 2.17. The summed E-state index contributed by atoms with van der Waals surface area (Å²) in [6.45, 7) is 4.34. The van der Waals surface area contributed by atoms with Gasteiger partial charge in [0.2, 0.25) is 0 Å². The first kappa shape index (κ1) is 12.0. The number of nitro benzene ring substituents is 1. The highest BCUT2D eigenvalue weighted by atomic mass is 32.2. The average molecular weight is 226 g/mol. The van der Waals surface area contributed by atoms with Gasteiger partial charge in [-0.15, -0.1) is 11.8 Å². The highest BCUT2D eigenvalue weighted by molar-refractivity contribution is 8.00. The fourth-order valence-electron chi connectivity index (χ4n) is 1.19. The van der Waals surface area contributed by atoms with Gasteiger partial charge >= 0.3 is 0 Å². The van der Waals surface area contributed by atoms with Crippen LogP contribution in [0.1, 0.15) is 19.4 Å². The van der Waals surface area contributed by atoms with E-state index in [1.54, 1.807) is 12.1 Å². The van der Waals surface area contributed by atoms with Crippen molar-refractivity contribution in [3.8, 4) is 0 Å². The molecule has 0 heterocycles. The second kappa shape index (κ2) is 5.14. The third kappa shape index (κ3) is 3.21. The van der Waals surface area contributed by atoms with Crippen LogP contribution in [0.15, 0.2) is 23.1 Å². The second-order valence-electron chi connectivity index (χ2n) is 3.43. The Hall–Kier alpha value is -1.07. The van der Waals surface area contributed by atoms with Gasteiger partial charge in [-0.2, -0.15) is 0 Å². The number of nitro groups is 1. The van der Waals surface area contributed by atoms with Crippen LogP contribution in [-0.2, 0) is 6.54 Å². The van der Waals surface area contributed by atoms with Crippen molar-refractivity contribution in [2.75, 3.05) is 0 Å². The van der Waals surface area contributed by atoms with E-state index in [2.05, 4.69) is 0 Å². The highest BCUT2D eigenvalue weighted by Gasteiger charge is 2.15. The molecule has 15 heavy (non-hydrogen) atoms. The van der Waals surface area contributed by atoms with Crippen LogP contribution in [0, 0.1) is 10.1 Å². The zero-order valence-electron chi connectivity index (χ0n) is 8.77. The zero-order chi connectivity index (χ0) is 11.4. The van der Waals surface area contributed by atoms with Crippen molar-refractivity contribution in [3.63, 3.8) is 0 Å². The molecular weight excluding hydrogens is 212 g/mol. The Balaban J connectivity index is 3.09. The lowest BCUT2D eigenvalue weighted by atomic mass is 10.2. The molecule has 0 bridgehead atoms. The minimum absolute atomic E-state index is 0.150. The molecule has 0 spiro atoms. The Morgan fingerprint density at radius 2 is 2.20 bits per heavy atom. The highest BCUT2D eigenvalue weighted by Crippen LogP contribution is 2.32. The van der Waals surface area contributed by atoms with Crippen LogP contribution in [-0.4, -0.2) is 10.2 Å². The van der Waals surface area contributed by atoms with Gasteiger partial charge in [-0.1, -0.05) is 19.9 Å². The molecule has 0 saturated carbocycles. The standard InChI is InChI=1S/C10H14N2O2S/c1-7(2)15-10-4-3-8(6-11)5-9(10)12(13)14/h3-5,7H,6,11H2,1-2H3. The molecule has 0 aromatic heterocycles. The molecule has 0 aliphatic heterocycles. The van der Waals surface area contributed by atoms with E-state index in [0.29, 0.717) is 16.7 Å². The number of thioether (sulfide) groups is 1. The Morgan fingerprint density at radius 3 is 2.67 bits per heavy atom. The number of hydrogen-bond acceptors (Lipinski definition) is 4. The van der Waals surface area contributed by atoms with E-state index in [9.17, 15) is 10.1 Å². The van der Waals surface area contributed by atoms with Crippen molar-refractivity contribution in [2.45, 2.75) is 30.5 Å². The topological polar surface area (TPSA) is 69.2 Å². The van der Waals surface area contributed by atoms with E-state index in [1.807, 2.05) is 19.9 Å². The van der Waals surface area contributed by atoms with E-state index in [-0.39, 0.29) is 10.6 Å². The van der Waals surface area contributed by atoms with E-state index in [1.165, 1.54) is 11.8 Å². The third-order valence-electron chi connectivity index (χ3n) is 1.82. The third-order valence-corrected chi connectivity index (χ3v) is 2.89. The van der Waals surface area contributed by atoms with Gasteiger partial charge in [0, 0.05) is 17.9 Å². The molecule has 0 amide bonds. The molecule has 2 N–H and O–H groups in total. The van der Waals surface area contributed by atoms with Crippen LogP contribution in [0.3, 0.4) is 0 Å². The number of rotatable bonds is 4.